The van der Waals surface area contributed by atoms with Crippen LogP contribution in [0, 0.1) is 0 Å². The first kappa shape index (κ1) is 17.8. The third kappa shape index (κ3) is 3.62. The number of nitrogens with zero attached hydrogens (tertiary/aromatic N) is 2. The predicted octanol–water partition coefficient (Wildman–Crippen LogP) is 5.19. The van der Waals surface area contributed by atoms with Crippen LogP contribution in [0.15, 0.2) is 48.5 Å². The van der Waals surface area contributed by atoms with E-state index in [9.17, 15) is 4.79 Å². The number of carbonyl (C=O) groups excluding carboxylic acids is 1. The molecule has 3 aromatic rings. The Bertz CT molecular complexity index is 997. The van der Waals surface area contributed by atoms with Crippen molar-refractivity contribution in [2.45, 2.75) is 19.8 Å². The third-order valence-corrected chi connectivity index (χ3v) is 5.07. The minimum absolute atomic E-state index is 0.0794. The van der Waals surface area contributed by atoms with Gasteiger partial charge in [-0.05, 0) is 50.1 Å². The van der Waals surface area contributed by atoms with Gasteiger partial charge in [0, 0.05) is 40.7 Å². The van der Waals surface area contributed by atoms with Crippen LogP contribution in [0.3, 0.4) is 0 Å². The van der Waals surface area contributed by atoms with Gasteiger partial charge in [-0.2, -0.15) is 0 Å². The van der Waals surface area contributed by atoms with Gasteiger partial charge >= 0.3 is 0 Å². The lowest BCUT2D eigenvalue weighted by Crippen LogP contribution is -2.27. The van der Waals surface area contributed by atoms with Crippen molar-refractivity contribution in [1.29, 1.82) is 0 Å². The molecule has 0 spiro atoms. The molecule has 0 atom stereocenters. The zero-order valence-electron chi connectivity index (χ0n) is 15.2. The molecule has 4 rings (SSSR count). The van der Waals surface area contributed by atoms with Crippen molar-refractivity contribution in [2.24, 2.45) is 0 Å². The lowest BCUT2D eigenvalue weighted by Gasteiger charge is -2.16. The molecular weight excluding hydrogens is 360 g/mol. The Labute approximate surface area is 163 Å². The zero-order chi connectivity index (χ0) is 18.8. The number of rotatable bonds is 4. The summed E-state index contributed by atoms with van der Waals surface area (Å²) in [6.07, 6.45) is 2.15. The van der Waals surface area contributed by atoms with Crippen LogP contribution < -0.4 is 4.74 Å². The molecule has 5 heteroatoms. The van der Waals surface area contributed by atoms with E-state index in [4.69, 9.17) is 21.3 Å². The van der Waals surface area contributed by atoms with E-state index in [1.165, 1.54) is 0 Å². The Hall–Kier alpha value is -2.59. The van der Waals surface area contributed by atoms with Crippen LogP contribution in [-0.4, -0.2) is 35.5 Å². The van der Waals surface area contributed by atoms with Gasteiger partial charge in [-0.25, -0.2) is 4.98 Å². The number of halogens is 1. The van der Waals surface area contributed by atoms with E-state index in [1.807, 2.05) is 60.4 Å². The van der Waals surface area contributed by atoms with Gasteiger partial charge < -0.3 is 9.64 Å². The number of carbonyl (C=O) groups is 1. The molecule has 27 heavy (non-hydrogen) atoms. The summed E-state index contributed by atoms with van der Waals surface area (Å²) >= 11 is 6.13. The first-order valence-corrected chi connectivity index (χ1v) is 9.66. The Balaban J connectivity index is 1.80. The number of ether oxygens (including phenoxy) is 1. The van der Waals surface area contributed by atoms with E-state index in [1.54, 1.807) is 0 Å². The van der Waals surface area contributed by atoms with Gasteiger partial charge in [0.1, 0.15) is 5.75 Å². The highest BCUT2D eigenvalue weighted by Gasteiger charge is 2.20. The lowest BCUT2D eigenvalue weighted by atomic mass is 10.1. The van der Waals surface area contributed by atoms with Gasteiger partial charge in [0.05, 0.1) is 17.8 Å². The molecular formula is C22H21ClN2O2. The van der Waals surface area contributed by atoms with Crippen LogP contribution in [0.1, 0.15) is 30.1 Å². The fourth-order valence-electron chi connectivity index (χ4n) is 3.50. The number of hydrogen-bond donors (Lipinski definition) is 0. The minimum Gasteiger partial charge on any atom is -0.493 e. The molecule has 0 aliphatic carbocycles. The highest BCUT2D eigenvalue weighted by molar-refractivity contribution is 6.30. The largest absolute Gasteiger partial charge is 0.493 e. The SMILES string of the molecule is CCOc1cc(-c2cccc(Cl)c2)nc2ccc(C(=O)N3CCCC3)cc12. The van der Waals surface area contributed by atoms with E-state index >= 15 is 0 Å². The number of hydrogen-bond acceptors (Lipinski definition) is 3. The second-order valence-electron chi connectivity index (χ2n) is 6.68. The van der Waals surface area contributed by atoms with Gasteiger partial charge in [-0.15, -0.1) is 0 Å². The van der Waals surface area contributed by atoms with E-state index < -0.39 is 0 Å². The van der Waals surface area contributed by atoms with Crippen molar-refractivity contribution in [3.63, 3.8) is 0 Å². The van der Waals surface area contributed by atoms with E-state index in [0.29, 0.717) is 17.2 Å². The maximum absolute atomic E-state index is 12.7. The molecule has 4 nitrogen and oxygen atoms in total. The average molecular weight is 381 g/mol. The normalized spacial score (nSPS) is 13.9. The molecule has 0 N–H and O–H groups in total. The standard InChI is InChI=1S/C22H21ClN2O2/c1-2-27-21-14-20(15-6-5-7-17(23)12-15)24-19-9-8-16(13-18(19)21)22(26)25-10-3-4-11-25/h5-9,12-14H,2-4,10-11H2,1H3. The molecule has 0 radical (unpaired) electrons. The predicted molar refractivity (Wildman–Crippen MR) is 108 cm³/mol. The Kier molecular flexibility index (Phi) is 4.99. The molecule has 2 heterocycles. The maximum Gasteiger partial charge on any atom is 0.253 e. The van der Waals surface area contributed by atoms with Gasteiger partial charge in [0.15, 0.2) is 0 Å². The van der Waals surface area contributed by atoms with Crippen LogP contribution in [-0.2, 0) is 0 Å². The lowest BCUT2D eigenvalue weighted by molar-refractivity contribution is 0.0793. The third-order valence-electron chi connectivity index (χ3n) is 4.83. The molecule has 2 aromatic carbocycles. The van der Waals surface area contributed by atoms with Crippen LogP contribution in [0.2, 0.25) is 5.02 Å². The van der Waals surface area contributed by atoms with E-state index in [-0.39, 0.29) is 5.91 Å². The second-order valence-corrected chi connectivity index (χ2v) is 7.12. The second kappa shape index (κ2) is 7.57. The quantitative estimate of drug-likeness (QED) is 0.625. The molecule has 1 aliphatic rings. The van der Waals surface area contributed by atoms with Crippen LogP contribution in [0.25, 0.3) is 22.2 Å². The number of amides is 1. The van der Waals surface area contributed by atoms with Crippen molar-refractivity contribution in [3.05, 3.63) is 59.1 Å². The highest BCUT2D eigenvalue weighted by Crippen LogP contribution is 2.32. The summed E-state index contributed by atoms with van der Waals surface area (Å²) in [5.74, 6) is 0.810. The van der Waals surface area contributed by atoms with Gasteiger partial charge in [0.2, 0.25) is 0 Å². The monoisotopic (exact) mass is 380 g/mol. The molecule has 1 fully saturated rings. The first-order valence-electron chi connectivity index (χ1n) is 9.28. The topological polar surface area (TPSA) is 42.4 Å². The first-order chi connectivity index (χ1) is 13.2. The molecule has 138 valence electrons. The summed E-state index contributed by atoms with van der Waals surface area (Å²) < 4.78 is 5.87. The van der Waals surface area contributed by atoms with Crippen LogP contribution in [0.5, 0.6) is 5.75 Å². The van der Waals surface area contributed by atoms with Crippen molar-refractivity contribution in [3.8, 4) is 17.0 Å². The number of pyridine rings is 1. The van der Waals surface area contributed by atoms with Crippen molar-refractivity contribution in [1.82, 2.24) is 9.88 Å². The van der Waals surface area contributed by atoms with Crippen molar-refractivity contribution < 1.29 is 9.53 Å². The fourth-order valence-corrected chi connectivity index (χ4v) is 3.69. The van der Waals surface area contributed by atoms with Crippen LogP contribution in [0.4, 0.5) is 0 Å². The number of fused-ring (bicyclic) bond motifs is 1. The summed E-state index contributed by atoms with van der Waals surface area (Å²) in [6.45, 7) is 4.16. The summed E-state index contributed by atoms with van der Waals surface area (Å²) in [5, 5.41) is 1.52. The van der Waals surface area contributed by atoms with E-state index in [2.05, 4.69) is 0 Å². The molecule has 1 aromatic heterocycles. The summed E-state index contributed by atoms with van der Waals surface area (Å²) in [7, 11) is 0. The summed E-state index contributed by atoms with van der Waals surface area (Å²) in [5.41, 5.74) is 3.21. The number of benzene rings is 2. The molecule has 0 bridgehead atoms. The fraction of sp³-hybridized carbons (Fsp3) is 0.273. The van der Waals surface area contributed by atoms with Crippen molar-refractivity contribution >= 4 is 28.4 Å². The van der Waals surface area contributed by atoms with Crippen LogP contribution >= 0.6 is 11.6 Å². The molecule has 0 saturated carbocycles. The summed E-state index contributed by atoms with van der Waals surface area (Å²) in [6, 6.07) is 15.2. The highest BCUT2D eigenvalue weighted by atomic mass is 35.5. The number of likely N-dealkylation sites (tertiary alicyclic amines) is 1. The average Bonchev–Trinajstić information content (AvgIpc) is 3.22. The number of aromatic nitrogens is 1. The Morgan fingerprint density at radius 3 is 2.70 bits per heavy atom. The molecule has 1 amide bonds. The molecule has 1 saturated heterocycles. The smallest absolute Gasteiger partial charge is 0.253 e. The molecule has 1 aliphatic heterocycles. The zero-order valence-corrected chi connectivity index (χ0v) is 16.0. The van der Waals surface area contributed by atoms with Gasteiger partial charge in [-0.3, -0.25) is 4.79 Å². The minimum atomic E-state index is 0.0794. The van der Waals surface area contributed by atoms with Gasteiger partial charge in [-0.1, -0.05) is 23.7 Å². The molecule has 0 unspecified atom stereocenters. The van der Waals surface area contributed by atoms with Gasteiger partial charge in [0.25, 0.3) is 5.91 Å². The maximum atomic E-state index is 12.7. The Morgan fingerprint density at radius 1 is 1.15 bits per heavy atom. The van der Waals surface area contributed by atoms with Crippen molar-refractivity contribution in [2.75, 3.05) is 19.7 Å². The Morgan fingerprint density at radius 2 is 1.96 bits per heavy atom. The summed E-state index contributed by atoms with van der Waals surface area (Å²) in [4.78, 5) is 19.4. The van der Waals surface area contributed by atoms with E-state index in [0.717, 1.165) is 53.8 Å².